The molecule has 1 aliphatic carbocycles. The molecule has 170 valence electrons. The molecule has 2 fully saturated rings. The largest absolute Gasteiger partial charge is 0.493 e. The highest BCUT2D eigenvalue weighted by atomic mass is 127. The summed E-state index contributed by atoms with van der Waals surface area (Å²) in [6.07, 6.45) is 5.93. The molecule has 1 aromatic carbocycles. The molecule has 2 N–H and O–H groups in total. The molecule has 30 heavy (non-hydrogen) atoms. The number of rotatable bonds is 10. The Morgan fingerprint density at radius 3 is 2.70 bits per heavy atom. The highest BCUT2D eigenvalue weighted by Crippen LogP contribution is 2.33. The molecule has 1 saturated heterocycles. The number of ether oxygens (including phenoxy) is 2. The van der Waals surface area contributed by atoms with Crippen LogP contribution in [0.3, 0.4) is 0 Å². The molecule has 0 aromatic heterocycles. The number of halogens is 1. The van der Waals surface area contributed by atoms with Gasteiger partial charge < -0.3 is 20.1 Å². The number of aliphatic imine (C=N–C) groups is 1. The minimum absolute atomic E-state index is 0. The summed E-state index contributed by atoms with van der Waals surface area (Å²) in [5.74, 6) is 2.56. The van der Waals surface area contributed by atoms with Crippen molar-refractivity contribution in [3.05, 3.63) is 23.8 Å². The number of hydrogen-bond donors (Lipinski definition) is 2. The minimum atomic E-state index is 0. The molecule has 0 radical (unpaired) electrons. The van der Waals surface area contributed by atoms with Gasteiger partial charge in [-0.15, -0.1) is 24.0 Å². The summed E-state index contributed by atoms with van der Waals surface area (Å²) in [6.45, 7) is 9.94. The van der Waals surface area contributed by atoms with E-state index in [-0.39, 0.29) is 24.0 Å². The summed E-state index contributed by atoms with van der Waals surface area (Å²) in [4.78, 5) is 7.48. The Hall–Kier alpha value is -1.22. The zero-order valence-electron chi connectivity index (χ0n) is 18.9. The van der Waals surface area contributed by atoms with Gasteiger partial charge in [-0.25, -0.2) is 0 Å². The van der Waals surface area contributed by atoms with Crippen LogP contribution in [0.2, 0.25) is 0 Å². The topological polar surface area (TPSA) is 58.1 Å². The average Bonchev–Trinajstić information content (AvgIpc) is 3.49. The van der Waals surface area contributed by atoms with Crippen molar-refractivity contribution in [2.24, 2.45) is 4.99 Å². The lowest BCUT2D eigenvalue weighted by atomic mass is 10.1. The smallest absolute Gasteiger partial charge is 0.191 e. The van der Waals surface area contributed by atoms with Crippen molar-refractivity contribution < 1.29 is 9.47 Å². The average molecular weight is 530 g/mol. The van der Waals surface area contributed by atoms with Crippen molar-refractivity contribution in [2.75, 3.05) is 33.4 Å². The lowest BCUT2D eigenvalue weighted by Gasteiger charge is -2.20. The van der Waals surface area contributed by atoms with E-state index >= 15 is 0 Å². The molecule has 6 nitrogen and oxygen atoms in total. The fourth-order valence-corrected chi connectivity index (χ4v) is 4.21. The zero-order valence-corrected chi connectivity index (χ0v) is 21.3. The lowest BCUT2D eigenvalue weighted by molar-refractivity contribution is 0.256. The number of nitrogens with one attached hydrogen (secondary N) is 2. The van der Waals surface area contributed by atoms with Gasteiger partial charge in [0.2, 0.25) is 0 Å². The summed E-state index contributed by atoms with van der Waals surface area (Å²) in [5, 5.41) is 7.07. The van der Waals surface area contributed by atoms with Gasteiger partial charge in [0.1, 0.15) is 0 Å². The van der Waals surface area contributed by atoms with Crippen LogP contribution in [-0.2, 0) is 6.42 Å². The Morgan fingerprint density at radius 2 is 2.03 bits per heavy atom. The van der Waals surface area contributed by atoms with Gasteiger partial charge in [-0.3, -0.25) is 9.89 Å². The van der Waals surface area contributed by atoms with Crippen LogP contribution in [0.5, 0.6) is 11.5 Å². The fourth-order valence-electron chi connectivity index (χ4n) is 4.21. The van der Waals surface area contributed by atoms with E-state index in [1.54, 1.807) is 7.11 Å². The molecule has 1 aromatic rings. The maximum Gasteiger partial charge on any atom is 0.191 e. The molecule has 2 unspecified atom stereocenters. The van der Waals surface area contributed by atoms with Crippen molar-refractivity contribution in [1.29, 1.82) is 0 Å². The summed E-state index contributed by atoms with van der Waals surface area (Å²) in [5.41, 5.74) is 1.26. The van der Waals surface area contributed by atoms with Gasteiger partial charge in [0, 0.05) is 37.8 Å². The summed E-state index contributed by atoms with van der Waals surface area (Å²) in [7, 11) is 1.68. The predicted octanol–water partition coefficient (Wildman–Crippen LogP) is 3.82. The molecule has 0 amide bonds. The Balaban J connectivity index is 0.00000320. The second-order valence-corrected chi connectivity index (χ2v) is 8.14. The van der Waals surface area contributed by atoms with E-state index in [0.717, 1.165) is 56.0 Å². The van der Waals surface area contributed by atoms with E-state index in [2.05, 4.69) is 41.5 Å². The first kappa shape index (κ1) is 25.0. The van der Waals surface area contributed by atoms with Crippen molar-refractivity contribution in [1.82, 2.24) is 15.5 Å². The van der Waals surface area contributed by atoms with Crippen molar-refractivity contribution in [3.8, 4) is 11.5 Å². The van der Waals surface area contributed by atoms with E-state index in [0.29, 0.717) is 18.7 Å². The number of hydrogen-bond acceptors (Lipinski definition) is 4. The third-order valence-corrected chi connectivity index (χ3v) is 5.75. The number of aryl methyl sites for hydroxylation is 1. The number of methoxy groups -OCH3 is 1. The molecular formula is C23H39IN4O2. The van der Waals surface area contributed by atoms with E-state index in [9.17, 15) is 0 Å². The molecular weight excluding hydrogens is 491 g/mol. The highest BCUT2D eigenvalue weighted by Gasteiger charge is 2.38. The van der Waals surface area contributed by atoms with E-state index in [1.807, 2.05) is 13.0 Å². The first-order chi connectivity index (χ1) is 14.1. The third kappa shape index (κ3) is 7.18. The van der Waals surface area contributed by atoms with Crippen LogP contribution in [0, 0.1) is 0 Å². The van der Waals surface area contributed by atoms with Crippen LogP contribution in [0.15, 0.2) is 23.2 Å². The number of guanidine groups is 1. The molecule has 2 atom stereocenters. The molecule has 1 saturated carbocycles. The van der Waals surface area contributed by atoms with Crippen LogP contribution < -0.4 is 20.1 Å². The van der Waals surface area contributed by atoms with E-state index in [1.165, 1.54) is 24.8 Å². The van der Waals surface area contributed by atoms with E-state index < -0.39 is 0 Å². The van der Waals surface area contributed by atoms with Crippen LogP contribution in [0.4, 0.5) is 0 Å². The van der Waals surface area contributed by atoms with Gasteiger partial charge in [0.25, 0.3) is 0 Å². The van der Waals surface area contributed by atoms with Gasteiger partial charge in [-0.1, -0.05) is 6.07 Å². The van der Waals surface area contributed by atoms with Gasteiger partial charge in [0.15, 0.2) is 17.5 Å². The number of likely N-dealkylation sites (tertiary alicyclic amines) is 1. The second-order valence-electron chi connectivity index (χ2n) is 8.14. The third-order valence-electron chi connectivity index (χ3n) is 5.75. The minimum Gasteiger partial charge on any atom is -0.493 e. The van der Waals surface area contributed by atoms with Gasteiger partial charge in [-0.2, -0.15) is 0 Å². The summed E-state index contributed by atoms with van der Waals surface area (Å²) >= 11 is 0. The maximum absolute atomic E-state index is 5.68. The standard InChI is InChI=1S/C23H38N4O2.HI/c1-5-24-23(26-19-14-17(3)27(16-19)20-10-11-20)25-13-7-8-18-9-12-21(28-4)22(15-18)29-6-2;/h9,12,15,17,19-20H,5-8,10-11,13-14,16H2,1-4H3,(H2,24,25,26);1H. The Labute approximate surface area is 199 Å². The Bertz CT molecular complexity index is 681. The maximum atomic E-state index is 5.68. The number of nitrogens with zero attached hydrogens (tertiary/aromatic N) is 2. The second kappa shape index (κ2) is 12.6. The monoisotopic (exact) mass is 530 g/mol. The SMILES string of the molecule is CCNC(=NCCCc1ccc(OC)c(OCC)c1)NC1CC(C)N(C2CC2)C1.I. The molecule has 0 bridgehead atoms. The van der Waals surface area contributed by atoms with E-state index in [4.69, 9.17) is 14.5 Å². The predicted molar refractivity (Wildman–Crippen MR) is 135 cm³/mol. The van der Waals surface area contributed by atoms with Crippen molar-refractivity contribution >= 4 is 29.9 Å². The molecule has 7 heteroatoms. The molecule has 1 aliphatic heterocycles. The number of benzene rings is 1. The van der Waals surface area contributed by atoms with Gasteiger partial charge in [-0.05, 0) is 70.6 Å². The van der Waals surface area contributed by atoms with Crippen molar-refractivity contribution in [2.45, 2.75) is 71.0 Å². The molecule has 1 heterocycles. The molecule has 2 aliphatic rings. The summed E-state index contributed by atoms with van der Waals surface area (Å²) < 4.78 is 11.0. The lowest BCUT2D eigenvalue weighted by Crippen LogP contribution is -2.44. The molecule has 3 rings (SSSR count). The Kier molecular flexibility index (Phi) is 10.5. The fraction of sp³-hybridized carbons (Fsp3) is 0.696. The van der Waals surface area contributed by atoms with Crippen LogP contribution in [-0.4, -0.2) is 62.3 Å². The first-order valence-electron chi connectivity index (χ1n) is 11.2. The van der Waals surface area contributed by atoms with Crippen LogP contribution >= 0.6 is 24.0 Å². The van der Waals surface area contributed by atoms with Crippen molar-refractivity contribution in [3.63, 3.8) is 0 Å². The quantitative estimate of drug-likeness (QED) is 0.209. The molecule has 0 spiro atoms. The van der Waals surface area contributed by atoms with Gasteiger partial charge >= 0.3 is 0 Å². The zero-order chi connectivity index (χ0) is 20.6. The Morgan fingerprint density at radius 1 is 1.23 bits per heavy atom. The van der Waals surface area contributed by atoms with Crippen LogP contribution in [0.1, 0.15) is 52.0 Å². The summed E-state index contributed by atoms with van der Waals surface area (Å²) in [6, 6.07) is 8.20. The first-order valence-corrected chi connectivity index (χ1v) is 11.2. The van der Waals surface area contributed by atoms with Crippen LogP contribution in [0.25, 0.3) is 0 Å². The van der Waals surface area contributed by atoms with Gasteiger partial charge in [0.05, 0.1) is 13.7 Å². The highest BCUT2D eigenvalue weighted by molar-refractivity contribution is 14.0. The normalized spacial score (nSPS) is 21.8.